The van der Waals surface area contributed by atoms with E-state index in [1.165, 1.54) is 0 Å². The first-order valence-electron chi connectivity index (χ1n) is 10.3. The Kier molecular flexibility index (Phi) is 4.65. The lowest BCUT2D eigenvalue weighted by molar-refractivity contribution is 0.0940. The zero-order chi connectivity index (χ0) is 20.7. The number of carbonyl (C=O) groups excluding carboxylic acids is 1. The fourth-order valence-electron chi connectivity index (χ4n) is 4.08. The van der Waals surface area contributed by atoms with E-state index in [4.69, 9.17) is 9.47 Å². The molecule has 7 nitrogen and oxygen atoms in total. The second-order valence-corrected chi connectivity index (χ2v) is 7.77. The van der Waals surface area contributed by atoms with Crippen LogP contribution in [-0.2, 0) is 13.0 Å². The first-order chi connectivity index (χ1) is 14.6. The molecule has 154 valence electrons. The fraction of sp³-hybridized carbons (Fsp3) is 0.348. The Morgan fingerprint density at radius 1 is 1.10 bits per heavy atom. The van der Waals surface area contributed by atoms with E-state index in [1.54, 1.807) is 22.8 Å². The van der Waals surface area contributed by atoms with Gasteiger partial charge in [0.25, 0.3) is 11.5 Å². The zero-order valence-corrected chi connectivity index (χ0v) is 16.8. The molecule has 2 aliphatic rings. The van der Waals surface area contributed by atoms with Gasteiger partial charge in [0.1, 0.15) is 19.0 Å². The van der Waals surface area contributed by atoms with Crippen LogP contribution in [0.2, 0.25) is 0 Å². The predicted molar refractivity (Wildman–Crippen MR) is 112 cm³/mol. The van der Waals surface area contributed by atoms with Crippen LogP contribution in [0.3, 0.4) is 0 Å². The minimum Gasteiger partial charge on any atom is -0.486 e. The van der Waals surface area contributed by atoms with E-state index in [2.05, 4.69) is 10.3 Å². The van der Waals surface area contributed by atoms with Crippen LogP contribution in [0.4, 0.5) is 0 Å². The third-order valence-corrected chi connectivity index (χ3v) is 5.74. The molecule has 0 saturated heterocycles. The fourth-order valence-corrected chi connectivity index (χ4v) is 4.08. The number of amides is 1. The van der Waals surface area contributed by atoms with Crippen molar-refractivity contribution in [3.05, 3.63) is 63.7 Å². The van der Waals surface area contributed by atoms with Gasteiger partial charge in [-0.25, -0.2) is 4.98 Å². The van der Waals surface area contributed by atoms with Gasteiger partial charge in [-0.2, -0.15) is 0 Å². The number of fused-ring (bicyclic) bond motifs is 3. The average Bonchev–Trinajstić information content (AvgIpc) is 2.78. The van der Waals surface area contributed by atoms with Gasteiger partial charge in [-0.05, 0) is 55.7 Å². The summed E-state index contributed by atoms with van der Waals surface area (Å²) in [6.45, 7) is 3.70. The normalized spacial score (nSPS) is 16.0. The van der Waals surface area contributed by atoms with E-state index < -0.39 is 0 Å². The number of ether oxygens (including phenoxy) is 2. The Balaban J connectivity index is 1.40. The van der Waals surface area contributed by atoms with Crippen LogP contribution >= 0.6 is 0 Å². The van der Waals surface area contributed by atoms with Crippen molar-refractivity contribution in [3.8, 4) is 11.5 Å². The SMILES string of the molecule is C[C@H](NC(=O)c1ccc2c(=O)n3c(nc2c1)CCCC3)c1ccc2c(c1)OCCO2. The molecule has 1 amide bonds. The van der Waals surface area contributed by atoms with Gasteiger partial charge in [0.15, 0.2) is 11.5 Å². The van der Waals surface area contributed by atoms with Crippen molar-refractivity contribution in [2.24, 2.45) is 0 Å². The van der Waals surface area contributed by atoms with E-state index in [1.807, 2.05) is 25.1 Å². The summed E-state index contributed by atoms with van der Waals surface area (Å²) in [6.07, 6.45) is 2.83. The third-order valence-electron chi connectivity index (χ3n) is 5.74. The Labute approximate surface area is 173 Å². The quantitative estimate of drug-likeness (QED) is 0.724. The molecule has 0 bridgehead atoms. The first kappa shape index (κ1) is 18.7. The van der Waals surface area contributed by atoms with E-state index in [-0.39, 0.29) is 17.5 Å². The monoisotopic (exact) mass is 405 g/mol. The lowest BCUT2D eigenvalue weighted by Crippen LogP contribution is -2.29. The average molecular weight is 405 g/mol. The number of hydrogen-bond donors (Lipinski definition) is 1. The van der Waals surface area contributed by atoms with Gasteiger partial charge < -0.3 is 14.8 Å². The Morgan fingerprint density at radius 2 is 1.93 bits per heavy atom. The van der Waals surface area contributed by atoms with Gasteiger partial charge in [0.2, 0.25) is 0 Å². The lowest BCUT2D eigenvalue weighted by Gasteiger charge is -2.21. The van der Waals surface area contributed by atoms with Crippen molar-refractivity contribution in [1.29, 1.82) is 0 Å². The Hall–Kier alpha value is -3.35. The molecule has 1 atom stereocenters. The molecule has 2 aromatic carbocycles. The molecular formula is C23H23N3O4. The smallest absolute Gasteiger partial charge is 0.261 e. The minimum absolute atomic E-state index is 0.0219. The molecule has 0 aliphatic carbocycles. The molecule has 0 unspecified atom stereocenters. The molecule has 0 radical (unpaired) electrons. The summed E-state index contributed by atoms with van der Waals surface area (Å²) in [7, 11) is 0. The van der Waals surface area contributed by atoms with E-state index >= 15 is 0 Å². The van der Waals surface area contributed by atoms with Crippen LogP contribution in [0.1, 0.15) is 47.6 Å². The number of hydrogen-bond acceptors (Lipinski definition) is 5. The van der Waals surface area contributed by atoms with Crippen molar-refractivity contribution < 1.29 is 14.3 Å². The standard InChI is InChI=1S/C23H23N3O4/c1-14(15-6-8-19-20(13-15)30-11-10-29-19)24-22(27)16-5-7-17-18(12-16)25-21-4-2-3-9-26(21)23(17)28/h5-8,12-14H,2-4,9-11H2,1H3,(H,24,27)/t14-/m0/s1. The van der Waals surface area contributed by atoms with Gasteiger partial charge in [-0.1, -0.05) is 6.07 Å². The minimum atomic E-state index is -0.217. The molecule has 3 heterocycles. The largest absolute Gasteiger partial charge is 0.486 e. The summed E-state index contributed by atoms with van der Waals surface area (Å²) in [4.78, 5) is 30.2. The maximum Gasteiger partial charge on any atom is 0.261 e. The number of nitrogens with one attached hydrogen (secondary N) is 1. The number of rotatable bonds is 3. The van der Waals surface area contributed by atoms with Crippen LogP contribution in [0.25, 0.3) is 10.9 Å². The van der Waals surface area contributed by atoms with Crippen molar-refractivity contribution in [2.75, 3.05) is 13.2 Å². The molecule has 1 aromatic heterocycles. The number of aromatic nitrogens is 2. The second kappa shape index (κ2) is 7.48. The van der Waals surface area contributed by atoms with Crippen LogP contribution in [0.5, 0.6) is 11.5 Å². The van der Waals surface area contributed by atoms with E-state index in [0.29, 0.717) is 42.0 Å². The molecule has 7 heteroatoms. The van der Waals surface area contributed by atoms with Crippen molar-refractivity contribution in [1.82, 2.24) is 14.9 Å². The van der Waals surface area contributed by atoms with Crippen LogP contribution in [-0.4, -0.2) is 28.7 Å². The molecule has 30 heavy (non-hydrogen) atoms. The van der Waals surface area contributed by atoms with E-state index in [0.717, 1.165) is 36.4 Å². The molecule has 1 N–H and O–H groups in total. The summed E-state index contributed by atoms with van der Waals surface area (Å²) in [5.74, 6) is 2.01. The Bertz CT molecular complexity index is 1200. The van der Waals surface area contributed by atoms with Crippen LogP contribution in [0.15, 0.2) is 41.2 Å². The molecule has 5 rings (SSSR count). The maximum absolute atomic E-state index is 12.9. The second-order valence-electron chi connectivity index (χ2n) is 7.77. The predicted octanol–water partition coefficient (Wildman–Crippen LogP) is 3.00. The zero-order valence-electron chi connectivity index (χ0n) is 16.8. The maximum atomic E-state index is 12.9. The van der Waals surface area contributed by atoms with Crippen LogP contribution in [0, 0.1) is 0 Å². The summed E-state index contributed by atoms with van der Waals surface area (Å²) < 4.78 is 12.9. The van der Waals surface area contributed by atoms with Crippen molar-refractivity contribution >= 4 is 16.8 Å². The molecule has 0 saturated carbocycles. The number of aryl methyl sites for hydroxylation is 1. The number of nitrogens with zero attached hydrogens (tertiary/aromatic N) is 2. The summed E-state index contributed by atoms with van der Waals surface area (Å²) in [5, 5.41) is 3.57. The summed E-state index contributed by atoms with van der Waals surface area (Å²) in [5.41, 5.74) is 1.97. The number of benzene rings is 2. The molecule has 0 spiro atoms. The highest BCUT2D eigenvalue weighted by Gasteiger charge is 2.18. The molecule has 3 aromatic rings. The third kappa shape index (κ3) is 3.30. The van der Waals surface area contributed by atoms with Gasteiger partial charge >= 0.3 is 0 Å². The number of carbonyl (C=O) groups is 1. The highest BCUT2D eigenvalue weighted by molar-refractivity contribution is 5.97. The van der Waals surface area contributed by atoms with Gasteiger partial charge in [0.05, 0.1) is 16.9 Å². The highest BCUT2D eigenvalue weighted by atomic mass is 16.6. The van der Waals surface area contributed by atoms with Crippen molar-refractivity contribution in [3.63, 3.8) is 0 Å². The summed E-state index contributed by atoms with van der Waals surface area (Å²) >= 11 is 0. The van der Waals surface area contributed by atoms with Gasteiger partial charge in [-0.15, -0.1) is 0 Å². The highest BCUT2D eigenvalue weighted by Crippen LogP contribution is 2.32. The van der Waals surface area contributed by atoms with Crippen molar-refractivity contribution in [2.45, 2.75) is 38.8 Å². The van der Waals surface area contributed by atoms with Gasteiger partial charge in [-0.3, -0.25) is 14.2 Å². The molecular weight excluding hydrogens is 382 g/mol. The lowest BCUT2D eigenvalue weighted by atomic mass is 10.1. The molecule has 0 fully saturated rings. The first-order valence-corrected chi connectivity index (χ1v) is 10.3. The summed E-state index contributed by atoms with van der Waals surface area (Å²) in [6, 6.07) is 10.6. The Morgan fingerprint density at radius 3 is 2.80 bits per heavy atom. The van der Waals surface area contributed by atoms with E-state index in [9.17, 15) is 9.59 Å². The molecule has 2 aliphatic heterocycles. The van der Waals surface area contributed by atoms with Crippen LogP contribution < -0.4 is 20.3 Å². The topological polar surface area (TPSA) is 82.5 Å². The van der Waals surface area contributed by atoms with Gasteiger partial charge in [0, 0.05) is 18.5 Å².